The number of rotatable bonds is 3. The van der Waals surface area contributed by atoms with Gasteiger partial charge in [0.25, 0.3) is 5.91 Å². The summed E-state index contributed by atoms with van der Waals surface area (Å²) in [4.78, 5) is 17.5. The molecule has 2 N–H and O–H groups in total. The molecule has 0 radical (unpaired) electrons. The molecule has 4 rings (SSSR count). The molecule has 5 nitrogen and oxygen atoms in total. The molecule has 1 aromatic carbocycles. The number of nitrogens with one attached hydrogen (secondary N) is 2. The highest BCUT2D eigenvalue weighted by molar-refractivity contribution is 5.94. The van der Waals surface area contributed by atoms with Gasteiger partial charge in [-0.3, -0.25) is 9.89 Å². The molecular formula is C18H18N4O. The van der Waals surface area contributed by atoms with E-state index in [0.29, 0.717) is 5.69 Å². The molecule has 5 heteroatoms. The maximum Gasteiger partial charge on any atom is 0.270 e. The van der Waals surface area contributed by atoms with Crippen LogP contribution < -0.4 is 0 Å². The number of amides is 1. The number of likely N-dealkylation sites (tertiary alicyclic amines) is 1. The second kappa shape index (κ2) is 5.76. The lowest BCUT2D eigenvalue weighted by Crippen LogP contribution is -2.27. The molecule has 1 aliphatic rings. The first-order valence-corrected chi connectivity index (χ1v) is 7.90. The van der Waals surface area contributed by atoms with Crippen LogP contribution >= 0.6 is 0 Å². The Hall–Kier alpha value is -2.82. The van der Waals surface area contributed by atoms with Crippen LogP contribution in [-0.4, -0.2) is 39.1 Å². The van der Waals surface area contributed by atoms with Crippen molar-refractivity contribution in [2.75, 3.05) is 13.1 Å². The zero-order valence-electron chi connectivity index (χ0n) is 12.7. The number of carbonyl (C=O) groups is 1. The van der Waals surface area contributed by atoms with Crippen LogP contribution in [0, 0.1) is 0 Å². The summed E-state index contributed by atoms with van der Waals surface area (Å²) in [6.45, 7) is 1.71. The van der Waals surface area contributed by atoms with Crippen molar-refractivity contribution >= 4 is 5.91 Å². The predicted octanol–water partition coefficient (Wildman–Crippen LogP) is 3.31. The van der Waals surface area contributed by atoms with Gasteiger partial charge in [-0.05, 0) is 24.5 Å². The van der Waals surface area contributed by atoms with Gasteiger partial charge < -0.3 is 9.88 Å². The second-order valence-electron chi connectivity index (χ2n) is 5.83. The third kappa shape index (κ3) is 2.54. The maximum atomic E-state index is 12.5. The van der Waals surface area contributed by atoms with E-state index in [1.807, 2.05) is 41.6 Å². The van der Waals surface area contributed by atoms with Crippen LogP contribution in [0.3, 0.4) is 0 Å². The molecule has 0 spiro atoms. The summed E-state index contributed by atoms with van der Waals surface area (Å²) < 4.78 is 0. The third-order valence-corrected chi connectivity index (χ3v) is 4.32. The van der Waals surface area contributed by atoms with E-state index in [0.717, 1.165) is 48.3 Å². The SMILES string of the molecule is O=C(c1cc(-c2[nH]ncc2-c2ccccc2)c[nH]1)N1CCCC1. The van der Waals surface area contributed by atoms with Crippen LogP contribution in [-0.2, 0) is 0 Å². The van der Waals surface area contributed by atoms with Crippen molar-refractivity contribution in [1.82, 2.24) is 20.1 Å². The third-order valence-electron chi connectivity index (χ3n) is 4.32. The van der Waals surface area contributed by atoms with Crippen LogP contribution in [0.15, 0.2) is 48.8 Å². The highest BCUT2D eigenvalue weighted by Gasteiger charge is 2.21. The monoisotopic (exact) mass is 306 g/mol. The van der Waals surface area contributed by atoms with Gasteiger partial charge in [-0.2, -0.15) is 5.10 Å². The first-order valence-electron chi connectivity index (χ1n) is 7.90. The number of hydrogen-bond donors (Lipinski definition) is 2. The van der Waals surface area contributed by atoms with E-state index >= 15 is 0 Å². The summed E-state index contributed by atoms with van der Waals surface area (Å²) in [7, 11) is 0. The standard InChI is InChI=1S/C18H18N4O/c23-18(22-8-4-5-9-22)16-10-14(11-19-16)17-15(12-20-21-17)13-6-2-1-3-7-13/h1-3,6-7,10-12,19H,4-5,8-9H2,(H,20,21). The summed E-state index contributed by atoms with van der Waals surface area (Å²) >= 11 is 0. The molecule has 1 fully saturated rings. The van der Waals surface area contributed by atoms with Gasteiger partial charge in [0.1, 0.15) is 5.69 Å². The van der Waals surface area contributed by atoms with Crippen molar-refractivity contribution in [2.45, 2.75) is 12.8 Å². The number of nitrogens with zero attached hydrogens (tertiary/aromatic N) is 2. The largest absolute Gasteiger partial charge is 0.357 e. The molecule has 1 saturated heterocycles. The molecule has 0 atom stereocenters. The van der Waals surface area contributed by atoms with E-state index < -0.39 is 0 Å². The van der Waals surface area contributed by atoms with Gasteiger partial charge >= 0.3 is 0 Å². The Bertz CT molecular complexity index is 812. The molecule has 3 aromatic rings. The quantitative estimate of drug-likeness (QED) is 0.779. The Kier molecular flexibility index (Phi) is 3.46. The molecule has 2 aromatic heterocycles. The van der Waals surface area contributed by atoms with Crippen LogP contribution in [0.1, 0.15) is 23.3 Å². The molecule has 0 unspecified atom stereocenters. The van der Waals surface area contributed by atoms with Crippen molar-refractivity contribution in [3.63, 3.8) is 0 Å². The number of carbonyl (C=O) groups excluding carboxylic acids is 1. The fourth-order valence-electron chi connectivity index (χ4n) is 3.10. The number of hydrogen-bond acceptors (Lipinski definition) is 2. The zero-order chi connectivity index (χ0) is 15.6. The lowest BCUT2D eigenvalue weighted by molar-refractivity contribution is 0.0788. The molecule has 1 amide bonds. The minimum absolute atomic E-state index is 0.0783. The molecule has 23 heavy (non-hydrogen) atoms. The Morgan fingerprint density at radius 2 is 1.87 bits per heavy atom. The number of aromatic nitrogens is 3. The van der Waals surface area contributed by atoms with E-state index in [-0.39, 0.29) is 5.91 Å². The predicted molar refractivity (Wildman–Crippen MR) is 88.9 cm³/mol. The average Bonchev–Trinajstić information content (AvgIpc) is 3.35. The first kappa shape index (κ1) is 13.8. The van der Waals surface area contributed by atoms with Crippen molar-refractivity contribution in [2.24, 2.45) is 0 Å². The van der Waals surface area contributed by atoms with E-state index in [1.165, 1.54) is 0 Å². The number of benzene rings is 1. The van der Waals surface area contributed by atoms with Gasteiger partial charge in [0.2, 0.25) is 0 Å². The van der Waals surface area contributed by atoms with Crippen molar-refractivity contribution in [3.05, 3.63) is 54.5 Å². The van der Waals surface area contributed by atoms with Crippen LogP contribution in [0.25, 0.3) is 22.4 Å². The normalized spacial score (nSPS) is 14.3. The average molecular weight is 306 g/mol. The first-order chi connectivity index (χ1) is 11.3. The Morgan fingerprint density at radius 3 is 2.65 bits per heavy atom. The minimum atomic E-state index is 0.0783. The van der Waals surface area contributed by atoms with Crippen molar-refractivity contribution < 1.29 is 4.79 Å². The molecule has 116 valence electrons. The molecule has 0 saturated carbocycles. The summed E-state index contributed by atoms with van der Waals surface area (Å²) in [6.07, 6.45) is 5.87. The van der Waals surface area contributed by atoms with Gasteiger partial charge in [0, 0.05) is 30.4 Å². The molecule has 0 bridgehead atoms. The van der Waals surface area contributed by atoms with Gasteiger partial charge in [0.15, 0.2) is 0 Å². The molecular weight excluding hydrogens is 288 g/mol. The van der Waals surface area contributed by atoms with Crippen molar-refractivity contribution in [1.29, 1.82) is 0 Å². The topological polar surface area (TPSA) is 64.8 Å². The van der Waals surface area contributed by atoms with E-state index in [2.05, 4.69) is 27.3 Å². The van der Waals surface area contributed by atoms with Gasteiger partial charge in [-0.1, -0.05) is 30.3 Å². The minimum Gasteiger partial charge on any atom is -0.357 e. The van der Waals surface area contributed by atoms with E-state index in [9.17, 15) is 4.79 Å². The Labute approximate surface area is 134 Å². The summed E-state index contributed by atoms with van der Waals surface area (Å²) in [5.74, 6) is 0.0783. The number of H-pyrrole nitrogens is 2. The lowest BCUT2D eigenvalue weighted by Gasteiger charge is -2.13. The lowest BCUT2D eigenvalue weighted by atomic mass is 10.0. The molecule has 0 aliphatic carbocycles. The van der Waals surface area contributed by atoms with Crippen LogP contribution in [0.4, 0.5) is 0 Å². The van der Waals surface area contributed by atoms with Gasteiger partial charge in [-0.25, -0.2) is 0 Å². The van der Waals surface area contributed by atoms with E-state index in [1.54, 1.807) is 0 Å². The van der Waals surface area contributed by atoms with Crippen molar-refractivity contribution in [3.8, 4) is 22.4 Å². The fraction of sp³-hybridized carbons (Fsp3) is 0.222. The number of aromatic amines is 2. The summed E-state index contributed by atoms with van der Waals surface area (Å²) in [5.41, 5.74) is 4.64. The summed E-state index contributed by atoms with van der Waals surface area (Å²) in [6, 6.07) is 12.0. The van der Waals surface area contributed by atoms with E-state index in [4.69, 9.17) is 0 Å². The Morgan fingerprint density at radius 1 is 1.09 bits per heavy atom. The summed E-state index contributed by atoms with van der Waals surface area (Å²) in [5, 5.41) is 7.22. The highest BCUT2D eigenvalue weighted by Crippen LogP contribution is 2.30. The van der Waals surface area contributed by atoms with Crippen LogP contribution in [0.5, 0.6) is 0 Å². The second-order valence-corrected chi connectivity index (χ2v) is 5.83. The molecule has 1 aliphatic heterocycles. The Balaban J connectivity index is 1.65. The fourth-order valence-corrected chi connectivity index (χ4v) is 3.10. The maximum absolute atomic E-state index is 12.5. The zero-order valence-corrected chi connectivity index (χ0v) is 12.7. The molecule has 3 heterocycles. The highest BCUT2D eigenvalue weighted by atomic mass is 16.2. The van der Waals surface area contributed by atoms with Gasteiger partial charge in [-0.15, -0.1) is 0 Å². The van der Waals surface area contributed by atoms with Crippen LogP contribution in [0.2, 0.25) is 0 Å². The van der Waals surface area contributed by atoms with Gasteiger partial charge in [0.05, 0.1) is 11.9 Å². The smallest absolute Gasteiger partial charge is 0.270 e.